The van der Waals surface area contributed by atoms with Crippen molar-refractivity contribution in [1.29, 1.82) is 0 Å². The second-order valence-electron chi connectivity index (χ2n) is 8.38. The lowest BCUT2D eigenvalue weighted by Crippen LogP contribution is -2.58. The predicted octanol–water partition coefficient (Wildman–Crippen LogP) is 5.74. The Morgan fingerprint density at radius 3 is 2.45 bits per heavy atom. The first-order valence-electron chi connectivity index (χ1n) is 10.8. The van der Waals surface area contributed by atoms with E-state index in [2.05, 4.69) is 34.4 Å². The van der Waals surface area contributed by atoms with Gasteiger partial charge >= 0.3 is 0 Å². The van der Waals surface area contributed by atoms with E-state index in [0.29, 0.717) is 22.2 Å². The summed E-state index contributed by atoms with van der Waals surface area (Å²) >= 11 is 12.4. The summed E-state index contributed by atoms with van der Waals surface area (Å²) in [5.41, 5.74) is 3.79. The summed E-state index contributed by atoms with van der Waals surface area (Å²) in [6.07, 6.45) is 0.863. The van der Waals surface area contributed by atoms with Crippen molar-refractivity contribution in [1.82, 2.24) is 15.5 Å². The van der Waals surface area contributed by atoms with E-state index in [1.165, 1.54) is 0 Å². The van der Waals surface area contributed by atoms with E-state index in [1.807, 2.05) is 48.5 Å². The molecule has 166 valence electrons. The van der Waals surface area contributed by atoms with Crippen molar-refractivity contribution in [3.63, 3.8) is 0 Å². The summed E-state index contributed by atoms with van der Waals surface area (Å²) in [4.78, 5) is 13.5. The van der Waals surface area contributed by atoms with Gasteiger partial charge in [-0.05, 0) is 43.3 Å². The molecule has 0 aliphatic carbocycles. The molecule has 5 rings (SSSR count). The van der Waals surface area contributed by atoms with E-state index in [-0.39, 0.29) is 0 Å². The van der Waals surface area contributed by atoms with Gasteiger partial charge in [-0.1, -0.05) is 53.5 Å². The maximum absolute atomic E-state index is 11.1. The smallest absolute Gasteiger partial charge is 0.150 e. The van der Waals surface area contributed by atoms with Crippen LogP contribution in [0.1, 0.15) is 23.0 Å². The number of carbonyl (C=O) groups excluding carboxylic acids is 1. The van der Waals surface area contributed by atoms with E-state index in [0.717, 1.165) is 52.8 Å². The van der Waals surface area contributed by atoms with Gasteiger partial charge in [0.2, 0.25) is 0 Å². The first-order chi connectivity index (χ1) is 16.0. The molecular formula is C26H22Cl2N4O. The molecule has 0 bridgehead atoms. The van der Waals surface area contributed by atoms with E-state index in [1.54, 1.807) is 6.07 Å². The Kier molecular flexibility index (Phi) is 5.79. The molecule has 2 heterocycles. The second-order valence-corrected chi connectivity index (χ2v) is 9.20. The van der Waals surface area contributed by atoms with Crippen LogP contribution < -0.4 is 10.2 Å². The van der Waals surface area contributed by atoms with Gasteiger partial charge in [0.15, 0.2) is 0 Å². The number of halogens is 2. The molecule has 1 aliphatic rings. The van der Waals surface area contributed by atoms with Gasteiger partial charge in [0.1, 0.15) is 12.0 Å². The molecule has 1 N–H and O–H groups in total. The van der Waals surface area contributed by atoms with Crippen LogP contribution in [-0.2, 0) is 5.54 Å². The Morgan fingerprint density at radius 1 is 0.970 bits per heavy atom. The number of nitrogens with zero attached hydrogens (tertiary/aromatic N) is 3. The first-order valence-corrected chi connectivity index (χ1v) is 11.5. The molecule has 0 saturated carbocycles. The summed E-state index contributed by atoms with van der Waals surface area (Å²) < 4.78 is 0. The number of hydrogen-bond donors (Lipinski definition) is 1. The molecule has 1 aliphatic heterocycles. The molecule has 1 unspecified atom stereocenters. The van der Waals surface area contributed by atoms with Crippen LogP contribution in [0.15, 0.2) is 66.7 Å². The first kappa shape index (κ1) is 21.8. The van der Waals surface area contributed by atoms with Gasteiger partial charge in [-0.3, -0.25) is 4.79 Å². The van der Waals surface area contributed by atoms with Gasteiger partial charge < -0.3 is 10.2 Å². The Balaban J connectivity index is 1.66. The number of aldehydes is 1. The molecule has 33 heavy (non-hydrogen) atoms. The number of nitrogens with one attached hydrogen (secondary N) is 1. The number of anilines is 1. The van der Waals surface area contributed by atoms with E-state index in [4.69, 9.17) is 28.3 Å². The van der Waals surface area contributed by atoms with Crippen LogP contribution in [0.2, 0.25) is 10.0 Å². The zero-order chi connectivity index (χ0) is 23.0. The number of rotatable bonds is 4. The molecule has 7 heteroatoms. The summed E-state index contributed by atoms with van der Waals surface area (Å²) in [6.45, 7) is 4.56. The van der Waals surface area contributed by atoms with Crippen molar-refractivity contribution < 1.29 is 4.79 Å². The third-order valence-electron chi connectivity index (χ3n) is 6.31. The lowest BCUT2D eigenvalue weighted by Gasteiger charge is -2.46. The molecule has 1 saturated heterocycles. The summed E-state index contributed by atoms with van der Waals surface area (Å²) in [5, 5.41) is 16.0. The van der Waals surface area contributed by atoms with Gasteiger partial charge in [0, 0.05) is 47.2 Å². The third kappa shape index (κ3) is 3.86. The molecule has 0 radical (unpaired) electrons. The number of hydrogen-bond acceptors (Lipinski definition) is 5. The molecule has 1 aromatic heterocycles. The number of fused-ring (bicyclic) bond motifs is 1. The second kappa shape index (κ2) is 8.75. The SMILES string of the molecule is CC1(c2nnc(-c3ccc(Cl)c(Cl)c3)c3ccccc23)CNCCN1c1ccc(C=O)cc1. The molecule has 0 amide bonds. The van der Waals surface area contributed by atoms with Gasteiger partial charge in [-0.2, -0.15) is 5.10 Å². The van der Waals surface area contributed by atoms with E-state index in [9.17, 15) is 4.79 Å². The third-order valence-corrected chi connectivity index (χ3v) is 7.05. The Bertz CT molecular complexity index is 1340. The molecule has 1 atom stereocenters. The Morgan fingerprint density at radius 2 is 1.73 bits per heavy atom. The van der Waals surface area contributed by atoms with Gasteiger partial charge in [0.05, 0.1) is 21.3 Å². The van der Waals surface area contributed by atoms with Crippen LogP contribution in [0.25, 0.3) is 22.0 Å². The van der Waals surface area contributed by atoms with Gasteiger partial charge in [0.25, 0.3) is 0 Å². The van der Waals surface area contributed by atoms with Crippen LogP contribution in [0.3, 0.4) is 0 Å². The van der Waals surface area contributed by atoms with Crippen molar-refractivity contribution in [2.75, 3.05) is 24.5 Å². The highest BCUT2D eigenvalue weighted by molar-refractivity contribution is 6.42. The lowest BCUT2D eigenvalue weighted by atomic mass is 9.88. The maximum Gasteiger partial charge on any atom is 0.150 e. The predicted molar refractivity (Wildman–Crippen MR) is 134 cm³/mol. The molecule has 5 nitrogen and oxygen atoms in total. The van der Waals surface area contributed by atoms with Crippen LogP contribution in [0, 0.1) is 0 Å². The minimum atomic E-state index is -0.441. The van der Waals surface area contributed by atoms with Crippen LogP contribution in [-0.4, -0.2) is 36.1 Å². The molecule has 4 aromatic rings. The van der Waals surface area contributed by atoms with Gasteiger partial charge in [-0.25, -0.2) is 0 Å². The standard InChI is InChI=1S/C26H22Cl2N4O/c1-26(16-29-12-13-32(26)19-9-6-17(15-33)7-10-19)25-21-5-3-2-4-20(21)24(30-31-25)18-8-11-22(27)23(28)14-18/h2-11,14-15,29H,12-13,16H2,1H3. The summed E-state index contributed by atoms with van der Waals surface area (Å²) in [5.74, 6) is 0. The minimum Gasteiger partial charge on any atom is -0.358 e. The van der Waals surface area contributed by atoms with E-state index >= 15 is 0 Å². The lowest BCUT2D eigenvalue weighted by molar-refractivity contribution is 0.112. The zero-order valence-corrected chi connectivity index (χ0v) is 19.6. The molecule has 0 spiro atoms. The fourth-order valence-corrected chi connectivity index (χ4v) is 4.88. The number of piperazine rings is 1. The highest BCUT2D eigenvalue weighted by Gasteiger charge is 2.39. The van der Waals surface area contributed by atoms with Crippen molar-refractivity contribution in [3.8, 4) is 11.3 Å². The van der Waals surface area contributed by atoms with Crippen molar-refractivity contribution in [3.05, 3.63) is 88.0 Å². The van der Waals surface area contributed by atoms with Gasteiger partial charge in [-0.15, -0.1) is 5.10 Å². The largest absolute Gasteiger partial charge is 0.358 e. The minimum absolute atomic E-state index is 0.441. The van der Waals surface area contributed by atoms with Crippen LogP contribution in [0.5, 0.6) is 0 Å². The molecule has 3 aromatic carbocycles. The van der Waals surface area contributed by atoms with Crippen molar-refractivity contribution >= 4 is 45.9 Å². The number of benzene rings is 3. The number of aromatic nitrogens is 2. The zero-order valence-electron chi connectivity index (χ0n) is 18.1. The summed E-state index contributed by atoms with van der Waals surface area (Å²) in [6, 6.07) is 21.4. The highest BCUT2D eigenvalue weighted by atomic mass is 35.5. The van der Waals surface area contributed by atoms with Crippen molar-refractivity contribution in [2.24, 2.45) is 0 Å². The quantitative estimate of drug-likeness (QED) is 0.380. The highest BCUT2D eigenvalue weighted by Crippen LogP contribution is 2.39. The van der Waals surface area contributed by atoms with Crippen molar-refractivity contribution in [2.45, 2.75) is 12.5 Å². The monoisotopic (exact) mass is 476 g/mol. The Hall–Kier alpha value is -2.99. The average molecular weight is 477 g/mol. The summed E-state index contributed by atoms with van der Waals surface area (Å²) in [7, 11) is 0. The topological polar surface area (TPSA) is 58.1 Å². The van der Waals surface area contributed by atoms with E-state index < -0.39 is 5.54 Å². The van der Waals surface area contributed by atoms with Crippen LogP contribution in [0.4, 0.5) is 5.69 Å². The normalized spacial score (nSPS) is 18.5. The Labute approximate surface area is 202 Å². The average Bonchev–Trinajstić information content (AvgIpc) is 2.85. The molecule has 1 fully saturated rings. The molecular weight excluding hydrogens is 455 g/mol. The fourth-order valence-electron chi connectivity index (χ4n) is 4.58. The maximum atomic E-state index is 11.1. The van der Waals surface area contributed by atoms with Crippen LogP contribution >= 0.6 is 23.2 Å². The fraction of sp³-hybridized carbons (Fsp3) is 0.192. The number of carbonyl (C=O) groups is 1.